The van der Waals surface area contributed by atoms with Gasteiger partial charge in [0.1, 0.15) is 0 Å². The lowest BCUT2D eigenvalue weighted by atomic mass is 10.2. The Kier molecular flexibility index (Phi) is 2.24. The van der Waals surface area contributed by atoms with E-state index in [0.717, 1.165) is 0 Å². The minimum absolute atomic E-state index is 0.0556. The van der Waals surface area contributed by atoms with E-state index in [4.69, 9.17) is 5.73 Å². The minimum atomic E-state index is -0.0636. The van der Waals surface area contributed by atoms with Gasteiger partial charge in [-0.2, -0.15) is 0 Å². The molecule has 1 aliphatic heterocycles. The molecule has 0 bridgehead atoms. The van der Waals surface area contributed by atoms with Crippen LogP contribution >= 0.6 is 0 Å². The van der Waals surface area contributed by atoms with Crippen LogP contribution in [0.5, 0.6) is 0 Å². The first kappa shape index (κ1) is 8.20. The van der Waals surface area contributed by atoms with Crippen molar-refractivity contribution in [1.82, 2.24) is 4.90 Å². The number of nitrogens with zero attached hydrogens (tertiary/aromatic N) is 1. The highest BCUT2D eigenvalue weighted by atomic mass is 16.2. The van der Waals surface area contributed by atoms with Crippen molar-refractivity contribution in [1.29, 1.82) is 0 Å². The first-order valence-corrected chi connectivity index (χ1v) is 3.64. The van der Waals surface area contributed by atoms with Crippen LogP contribution in [0.4, 0.5) is 0 Å². The lowest BCUT2D eigenvalue weighted by Gasteiger charge is -2.19. The smallest absolute Gasteiger partial charge is 0.220 e. The van der Waals surface area contributed by atoms with Gasteiger partial charge in [-0.15, -0.1) is 0 Å². The summed E-state index contributed by atoms with van der Waals surface area (Å²) in [6.45, 7) is 2.09. The molecule has 2 N–H and O–H groups in total. The molecule has 1 aliphatic rings. The molecule has 1 saturated heterocycles. The molecular formula is C7H12N2O2. The van der Waals surface area contributed by atoms with Gasteiger partial charge in [0.15, 0.2) is 5.78 Å². The number of nitrogens with two attached hydrogens (primary N) is 1. The number of carbonyl (C=O) groups is 2. The second-order valence-corrected chi connectivity index (χ2v) is 2.78. The number of hydrogen-bond acceptors (Lipinski definition) is 3. The SMILES string of the molecule is CC(=O)N1CC(=O)CC1CN. The number of amides is 1. The summed E-state index contributed by atoms with van der Waals surface area (Å²) in [5, 5.41) is 0. The first-order chi connectivity index (χ1) is 5.15. The summed E-state index contributed by atoms with van der Waals surface area (Å²) < 4.78 is 0. The molecule has 62 valence electrons. The van der Waals surface area contributed by atoms with Crippen molar-refractivity contribution in [3.63, 3.8) is 0 Å². The highest BCUT2D eigenvalue weighted by Crippen LogP contribution is 2.12. The van der Waals surface area contributed by atoms with Crippen LogP contribution in [-0.2, 0) is 9.59 Å². The Morgan fingerprint density at radius 2 is 2.45 bits per heavy atom. The Hall–Kier alpha value is -0.900. The van der Waals surface area contributed by atoms with Crippen LogP contribution in [0.15, 0.2) is 0 Å². The highest BCUT2D eigenvalue weighted by Gasteiger charge is 2.30. The van der Waals surface area contributed by atoms with E-state index in [1.54, 1.807) is 0 Å². The van der Waals surface area contributed by atoms with Gasteiger partial charge in [0, 0.05) is 19.9 Å². The van der Waals surface area contributed by atoms with Crippen molar-refractivity contribution in [2.24, 2.45) is 5.73 Å². The van der Waals surface area contributed by atoms with Gasteiger partial charge in [0.05, 0.1) is 12.6 Å². The fraction of sp³-hybridized carbons (Fsp3) is 0.714. The average molecular weight is 156 g/mol. The summed E-state index contributed by atoms with van der Waals surface area (Å²) in [5.41, 5.74) is 5.38. The number of likely N-dealkylation sites (tertiary alicyclic amines) is 1. The molecule has 0 radical (unpaired) electrons. The maximum absolute atomic E-state index is 10.9. The first-order valence-electron chi connectivity index (χ1n) is 3.64. The highest BCUT2D eigenvalue weighted by molar-refractivity contribution is 5.89. The zero-order valence-corrected chi connectivity index (χ0v) is 6.54. The summed E-state index contributed by atoms with van der Waals surface area (Å²) in [4.78, 5) is 23.3. The van der Waals surface area contributed by atoms with Crippen molar-refractivity contribution in [2.75, 3.05) is 13.1 Å². The van der Waals surface area contributed by atoms with Crippen LogP contribution in [0.25, 0.3) is 0 Å². The number of Topliss-reactive ketones (excluding diaryl/α,β-unsaturated/α-hetero) is 1. The predicted octanol–water partition coefficient (Wildman–Crippen LogP) is -0.865. The summed E-state index contributed by atoms with van der Waals surface area (Å²) in [6.07, 6.45) is 0.427. The fourth-order valence-electron chi connectivity index (χ4n) is 1.34. The topological polar surface area (TPSA) is 63.4 Å². The van der Waals surface area contributed by atoms with E-state index in [9.17, 15) is 9.59 Å². The van der Waals surface area contributed by atoms with Crippen LogP contribution in [-0.4, -0.2) is 35.7 Å². The molecular weight excluding hydrogens is 144 g/mol. The summed E-state index contributed by atoms with van der Waals surface area (Å²) >= 11 is 0. The summed E-state index contributed by atoms with van der Waals surface area (Å²) in [5.74, 6) is 0.0435. The second-order valence-electron chi connectivity index (χ2n) is 2.78. The molecule has 4 heteroatoms. The van der Waals surface area contributed by atoms with Crippen molar-refractivity contribution in [3.8, 4) is 0 Å². The normalized spacial score (nSPS) is 24.4. The van der Waals surface area contributed by atoms with Gasteiger partial charge < -0.3 is 10.6 Å². The Labute approximate surface area is 65.3 Å². The maximum atomic E-state index is 10.9. The van der Waals surface area contributed by atoms with E-state index in [2.05, 4.69) is 0 Å². The summed E-state index contributed by atoms with van der Waals surface area (Å²) in [6, 6.07) is -0.0556. The van der Waals surface area contributed by atoms with Crippen LogP contribution in [0.3, 0.4) is 0 Å². The predicted molar refractivity (Wildman–Crippen MR) is 39.9 cm³/mol. The molecule has 0 aromatic rings. The van der Waals surface area contributed by atoms with E-state index >= 15 is 0 Å². The van der Waals surface area contributed by atoms with Crippen LogP contribution in [0.1, 0.15) is 13.3 Å². The number of rotatable bonds is 1. The van der Waals surface area contributed by atoms with Crippen molar-refractivity contribution >= 4 is 11.7 Å². The molecule has 0 spiro atoms. The van der Waals surface area contributed by atoms with Crippen molar-refractivity contribution < 1.29 is 9.59 Å². The molecule has 1 atom stereocenters. The van der Waals surface area contributed by atoms with Gasteiger partial charge in [-0.1, -0.05) is 0 Å². The largest absolute Gasteiger partial charge is 0.331 e. The van der Waals surface area contributed by atoms with Gasteiger partial charge >= 0.3 is 0 Å². The zero-order chi connectivity index (χ0) is 8.43. The quantitative estimate of drug-likeness (QED) is 0.537. The molecule has 0 aliphatic carbocycles. The van der Waals surface area contributed by atoms with Gasteiger partial charge in [0.2, 0.25) is 5.91 Å². The Bertz CT molecular complexity index is 191. The number of ketones is 1. The lowest BCUT2D eigenvalue weighted by molar-refractivity contribution is -0.130. The van der Waals surface area contributed by atoms with E-state index in [-0.39, 0.29) is 24.3 Å². The second kappa shape index (κ2) is 3.00. The van der Waals surface area contributed by atoms with E-state index in [0.29, 0.717) is 13.0 Å². The third-order valence-corrected chi connectivity index (χ3v) is 1.93. The van der Waals surface area contributed by atoms with Crippen LogP contribution < -0.4 is 5.73 Å². The third-order valence-electron chi connectivity index (χ3n) is 1.93. The lowest BCUT2D eigenvalue weighted by Crippen LogP contribution is -2.38. The van der Waals surface area contributed by atoms with Gasteiger partial charge in [-0.3, -0.25) is 9.59 Å². The molecule has 0 saturated carbocycles. The fourth-order valence-corrected chi connectivity index (χ4v) is 1.34. The van der Waals surface area contributed by atoms with E-state index in [1.165, 1.54) is 11.8 Å². The zero-order valence-electron chi connectivity index (χ0n) is 6.54. The maximum Gasteiger partial charge on any atom is 0.220 e. The van der Waals surface area contributed by atoms with Crippen LogP contribution in [0, 0.1) is 0 Å². The molecule has 4 nitrogen and oxygen atoms in total. The van der Waals surface area contributed by atoms with Gasteiger partial charge in [0.25, 0.3) is 0 Å². The number of carbonyl (C=O) groups excluding carboxylic acids is 2. The molecule has 1 fully saturated rings. The molecule has 11 heavy (non-hydrogen) atoms. The standard InChI is InChI=1S/C7H12N2O2/c1-5(10)9-4-7(11)2-6(9)3-8/h6H,2-4,8H2,1H3. The Balaban J connectivity index is 2.64. The number of hydrogen-bond donors (Lipinski definition) is 1. The van der Waals surface area contributed by atoms with Crippen molar-refractivity contribution in [3.05, 3.63) is 0 Å². The Morgan fingerprint density at radius 3 is 2.82 bits per heavy atom. The van der Waals surface area contributed by atoms with Crippen LogP contribution in [0.2, 0.25) is 0 Å². The molecule has 1 rings (SSSR count). The summed E-state index contributed by atoms with van der Waals surface area (Å²) in [7, 11) is 0. The molecule has 1 heterocycles. The molecule has 1 amide bonds. The van der Waals surface area contributed by atoms with Gasteiger partial charge in [-0.05, 0) is 0 Å². The monoisotopic (exact) mass is 156 g/mol. The average Bonchev–Trinajstić information content (AvgIpc) is 2.30. The van der Waals surface area contributed by atoms with E-state index in [1.807, 2.05) is 0 Å². The minimum Gasteiger partial charge on any atom is -0.331 e. The van der Waals surface area contributed by atoms with E-state index < -0.39 is 0 Å². The third kappa shape index (κ3) is 1.57. The Morgan fingerprint density at radius 1 is 1.82 bits per heavy atom. The van der Waals surface area contributed by atoms with Gasteiger partial charge in [-0.25, -0.2) is 0 Å². The molecule has 1 unspecified atom stereocenters. The van der Waals surface area contributed by atoms with Crippen molar-refractivity contribution in [2.45, 2.75) is 19.4 Å². The molecule has 0 aromatic carbocycles. The molecule has 0 aromatic heterocycles.